The van der Waals surface area contributed by atoms with Gasteiger partial charge in [0.15, 0.2) is 5.78 Å². The van der Waals surface area contributed by atoms with E-state index in [0.717, 1.165) is 25.7 Å². The van der Waals surface area contributed by atoms with E-state index in [9.17, 15) is 18.4 Å². The summed E-state index contributed by atoms with van der Waals surface area (Å²) in [5.74, 6) is -4.99. The van der Waals surface area contributed by atoms with Gasteiger partial charge >= 0.3 is 5.92 Å². The van der Waals surface area contributed by atoms with Crippen LogP contribution in [0.5, 0.6) is 0 Å². The van der Waals surface area contributed by atoms with Crippen LogP contribution in [0.15, 0.2) is 23.8 Å². The van der Waals surface area contributed by atoms with Crippen molar-refractivity contribution in [1.29, 1.82) is 0 Å². The Morgan fingerprint density at radius 3 is 2.64 bits per heavy atom. The summed E-state index contributed by atoms with van der Waals surface area (Å²) in [6.45, 7) is 5.42. The summed E-state index contributed by atoms with van der Waals surface area (Å²) in [5.41, 5.74) is 0.957. The van der Waals surface area contributed by atoms with Crippen molar-refractivity contribution in [3.63, 3.8) is 0 Å². The molecule has 3 nitrogen and oxygen atoms in total. The lowest BCUT2D eigenvalue weighted by molar-refractivity contribution is -0.146. The van der Waals surface area contributed by atoms with Crippen molar-refractivity contribution in [2.24, 2.45) is 5.92 Å². The molecule has 0 aromatic rings. The first kappa shape index (κ1) is 16.8. The summed E-state index contributed by atoms with van der Waals surface area (Å²) in [6.07, 6.45) is 5.30. The number of amides is 1. The predicted octanol–water partition coefficient (Wildman–Crippen LogP) is 3.55. The number of nitrogens with one attached hydrogen (secondary N) is 1. The zero-order valence-electron chi connectivity index (χ0n) is 13.0. The number of carbonyl (C=O) groups is 2. The Morgan fingerprint density at radius 2 is 2.05 bits per heavy atom. The maximum Gasteiger partial charge on any atom is 0.328 e. The third-order valence-corrected chi connectivity index (χ3v) is 4.63. The number of rotatable bonds is 5. The van der Waals surface area contributed by atoms with Gasteiger partial charge in [0.25, 0.3) is 5.91 Å². The lowest BCUT2D eigenvalue weighted by Crippen LogP contribution is -2.44. The molecule has 0 unspecified atom stereocenters. The second kappa shape index (κ2) is 6.71. The molecule has 0 heterocycles. The number of hydrogen-bond donors (Lipinski definition) is 1. The van der Waals surface area contributed by atoms with Crippen LogP contribution in [0.2, 0.25) is 0 Å². The van der Waals surface area contributed by atoms with Gasteiger partial charge in [-0.25, -0.2) is 0 Å². The molecule has 1 atom stereocenters. The molecule has 0 aromatic carbocycles. The van der Waals surface area contributed by atoms with Crippen LogP contribution in [0.3, 0.4) is 0 Å². The molecular weight excluding hydrogens is 288 g/mol. The second-order valence-corrected chi connectivity index (χ2v) is 6.44. The normalized spacial score (nSPS) is 23.3. The first-order valence-corrected chi connectivity index (χ1v) is 7.86. The van der Waals surface area contributed by atoms with Crippen molar-refractivity contribution < 1.29 is 18.4 Å². The van der Waals surface area contributed by atoms with Gasteiger partial charge in [0.05, 0.1) is 0 Å². The highest BCUT2D eigenvalue weighted by molar-refractivity contribution is 5.95. The third-order valence-electron chi connectivity index (χ3n) is 4.63. The molecule has 0 aromatic heterocycles. The monoisotopic (exact) mass is 311 g/mol. The standard InChI is InChI=1S/C17H23F2NO2/c1-11-7-8-13(9-15(11)21)12(2)10-17(18,19)16(22)20-14-5-3-4-6-14/h7,13-14H,2-6,8-10H2,1H3,(H,20,22)/t13-/m0/s1. The average Bonchev–Trinajstić information content (AvgIpc) is 2.94. The van der Waals surface area contributed by atoms with E-state index in [1.807, 2.05) is 0 Å². The lowest BCUT2D eigenvalue weighted by atomic mass is 9.82. The maximum atomic E-state index is 14.1. The summed E-state index contributed by atoms with van der Waals surface area (Å²) in [4.78, 5) is 23.4. The van der Waals surface area contributed by atoms with Crippen LogP contribution in [-0.2, 0) is 9.59 Å². The quantitative estimate of drug-likeness (QED) is 0.789. The van der Waals surface area contributed by atoms with E-state index in [4.69, 9.17) is 0 Å². The molecule has 1 fully saturated rings. The average molecular weight is 311 g/mol. The Hall–Kier alpha value is -1.52. The predicted molar refractivity (Wildman–Crippen MR) is 80.6 cm³/mol. The van der Waals surface area contributed by atoms with Crippen LogP contribution >= 0.6 is 0 Å². The van der Waals surface area contributed by atoms with Gasteiger partial charge in [-0.05, 0) is 37.7 Å². The molecule has 22 heavy (non-hydrogen) atoms. The smallest absolute Gasteiger partial charge is 0.328 e. The summed E-state index contributed by atoms with van der Waals surface area (Å²) < 4.78 is 28.2. The summed E-state index contributed by atoms with van der Waals surface area (Å²) in [6, 6.07) is -0.131. The number of Topliss-reactive ketones (excluding diaryl/α,β-unsaturated/α-hetero) is 1. The Balaban J connectivity index is 1.91. The number of carbonyl (C=O) groups excluding carboxylic acids is 2. The van der Waals surface area contributed by atoms with Crippen LogP contribution in [0, 0.1) is 5.92 Å². The summed E-state index contributed by atoms with van der Waals surface area (Å²) >= 11 is 0. The van der Waals surface area contributed by atoms with Crippen LogP contribution in [0.1, 0.15) is 51.9 Å². The Morgan fingerprint density at radius 1 is 1.41 bits per heavy atom. The van der Waals surface area contributed by atoms with E-state index < -0.39 is 18.3 Å². The molecule has 0 spiro atoms. The Labute approximate surface area is 129 Å². The van der Waals surface area contributed by atoms with E-state index in [-0.39, 0.29) is 29.7 Å². The van der Waals surface area contributed by atoms with Crippen molar-refractivity contribution in [3.8, 4) is 0 Å². The van der Waals surface area contributed by atoms with Crippen molar-refractivity contribution >= 4 is 11.7 Å². The van der Waals surface area contributed by atoms with E-state index in [0.29, 0.717) is 12.0 Å². The van der Waals surface area contributed by atoms with Gasteiger partial charge in [0.2, 0.25) is 0 Å². The van der Waals surface area contributed by atoms with Crippen LogP contribution in [0.4, 0.5) is 8.78 Å². The van der Waals surface area contributed by atoms with Gasteiger partial charge in [0.1, 0.15) is 0 Å². The molecule has 1 amide bonds. The molecule has 122 valence electrons. The molecule has 1 N–H and O–H groups in total. The molecule has 2 aliphatic rings. The zero-order chi connectivity index (χ0) is 16.3. The Kier molecular flexibility index (Phi) is 5.14. The minimum Gasteiger partial charge on any atom is -0.348 e. The van der Waals surface area contributed by atoms with Gasteiger partial charge in [-0.2, -0.15) is 8.78 Å². The number of allylic oxidation sites excluding steroid dienone is 3. The van der Waals surface area contributed by atoms with E-state index >= 15 is 0 Å². The fourth-order valence-corrected chi connectivity index (χ4v) is 3.08. The largest absolute Gasteiger partial charge is 0.348 e. The van der Waals surface area contributed by atoms with Crippen LogP contribution in [0.25, 0.3) is 0 Å². The molecule has 5 heteroatoms. The lowest BCUT2D eigenvalue weighted by Gasteiger charge is -2.25. The fourth-order valence-electron chi connectivity index (χ4n) is 3.08. The number of ketones is 1. The Bertz CT molecular complexity index is 505. The minimum atomic E-state index is -3.46. The molecule has 2 rings (SSSR count). The van der Waals surface area contributed by atoms with Crippen LogP contribution < -0.4 is 5.32 Å². The number of hydrogen-bond acceptors (Lipinski definition) is 2. The first-order chi connectivity index (χ1) is 10.3. The highest BCUT2D eigenvalue weighted by Crippen LogP contribution is 2.33. The molecular formula is C17H23F2NO2. The summed E-state index contributed by atoms with van der Waals surface area (Å²) in [7, 11) is 0. The zero-order valence-corrected chi connectivity index (χ0v) is 13.0. The molecule has 0 aliphatic heterocycles. The number of alkyl halides is 2. The van der Waals surface area contributed by atoms with Crippen molar-refractivity contribution in [3.05, 3.63) is 23.8 Å². The fraction of sp³-hybridized carbons (Fsp3) is 0.647. The minimum absolute atomic E-state index is 0.0314. The van der Waals surface area contributed by atoms with Crippen LogP contribution in [-0.4, -0.2) is 23.7 Å². The summed E-state index contributed by atoms with van der Waals surface area (Å²) in [5, 5.41) is 2.43. The van der Waals surface area contributed by atoms with Gasteiger partial charge in [0, 0.05) is 18.9 Å². The highest BCUT2D eigenvalue weighted by Gasteiger charge is 2.41. The van der Waals surface area contributed by atoms with Gasteiger partial charge in [-0.1, -0.05) is 31.1 Å². The maximum absolute atomic E-state index is 14.1. The highest BCUT2D eigenvalue weighted by atomic mass is 19.3. The second-order valence-electron chi connectivity index (χ2n) is 6.44. The topological polar surface area (TPSA) is 46.2 Å². The molecule has 0 saturated heterocycles. The van der Waals surface area contributed by atoms with E-state index in [1.54, 1.807) is 13.0 Å². The third kappa shape index (κ3) is 4.02. The first-order valence-electron chi connectivity index (χ1n) is 7.86. The van der Waals surface area contributed by atoms with E-state index in [1.165, 1.54) is 0 Å². The molecule has 1 saturated carbocycles. The van der Waals surface area contributed by atoms with Gasteiger partial charge in [-0.3, -0.25) is 9.59 Å². The van der Waals surface area contributed by atoms with E-state index in [2.05, 4.69) is 11.9 Å². The molecule has 0 bridgehead atoms. The SMILES string of the molecule is C=C(CC(F)(F)C(=O)NC1CCCC1)[C@H]1CC=C(C)C(=O)C1. The van der Waals surface area contributed by atoms with Gasteiger partial charge in [-0.15, -0.1) is 0 Å². The molecule has 2 aliphatic carbocycles. The van der Waals surface area contributed by atoms with Crippen molar-refractivity contribution in [2.75, 3.05) is 0 Å². The number of halogens is 2. The molecule has 0 radical (unpaired) electrons. The van der Waals surface area contributed by atoms with Crippen molar-refractivity contribution in [1.82, 2.24) is 5.32 Å². The van der Waals surface area contributed by atoms with Crippen molar-refractivity contribution in [2.45, 2.75) is 63.8 Å². The van der Waals surface area contributed by atoms with Gasteiger partial charge < -0.3 is 5.32 Å².